The number of carboxylic acid groups (broad SMARTS) is 2. The van der Waals surface area contributed by atoms with Gasteiger partial charge in [0, 0.05) is 19.0 Å². The van der Waals surface area contributed by atoms with Gasteiger partial charge in [-0.1, -0.05) is 32.0 Å². The van der Waals surface area contributed by atoms with Crippen molar-refractivity contribution in [2.75, 3.05) is 20.3 Å². The van der Waals surface area contributed by atoms with E-state index in [0.29, 0.717) is 31.2 Å². The molecule has 0 aliphatic rings. The lowest BCUT2D eigenvalue weighted by atomic mass is 10.1. The molecule has 1 atom stereocenters. The van der Waals surface area contributed by atoms with E-state index < -0.39 is 18.0 Å². The van der Waals surface area contributed by atoms with Gasteiger partial charge in [-0.05, 0) is 18.1 Å². The second kappa shape index (κ2) is 13.5. The Labute approximate surface area is 157 Å². The molecule has 0 saturated heterocycles. The third-order valence-corrected chi connectivity index (χ3v) is 3.17. The summed E-state index contributed by atoms with van der Waals surface area (Å²) in [7, 11) is 1.38. The Morgan fingerprint density at radius 1 is 1.11 bits per heavy atom. The lowest BCUT2D eigenvalue weighted by Gasteiger charge is -2.16. The fourth-order valence-corrected chi connectivity index (χ4v) is 1.81. The largest absolute Gasteiger partial charge is 0.491 e. The zero-order valence-corrected chi connectivity index (χ0v) is 15.7. The molecule has 0 radical (unpaired) electrons. The van der Waals surface area contributed by atoms with Crippen LogP contribution in [-0.4, -0.2) is 65.6 Å². The van der Waals surface area contributed by atoms with Crippen molar-refractivity contribution in [1.82, 2.24) is 5.32 Å². The first-order valence-corrected chi connectivity index (χ1v) is 8.32. The van der Waals surface area contributed by atoms with Gasteiger partial charge in [0.05, 0.1) is 7.11 Å². The van der Waals surface area contributed by atoms with E-state index in [9.17, 15) is 9.90 Å². The summed E-state index contributed by atoms with van der Waals surface area (Å²) in [6.07, 6.45) is 0.304. The number of carbonyl (C=O) groups excluding carboxylic acids is 1. The van der Waals surface area contributed by atoms with Crippen LogP contribution in [0.15, 0.2) is 24.3 Å². The first kappa shape index (κ1) is 24.4. The zero-order chi connectivity index (χ0) is 20.8. The van der Waals surface area contributed by atoms with E-state index >= 15 is 0 Å². The van der Waals surface area contributed by atoms with E-state index in [1.165, 1.54) is 7.11 Å². The summed E-state index contributed by atoms with van der Waals surface area (Å²) in [5, 5.41) is 27.8. The highest BCUT2D eigenvalue weighted by atomic mass is 16.5. The highest BCUT2D eigenvalue weighted by Crippen LogP contribution is 2.20. The molecule has 27 heavy (non-hydrogen) atoms. The normalized spacial score (nSPS) is 11.1. The van der Waals surface area contributed by atoms with Crippen LogP contribution in [-0.2, 0) is 25.5 Å². The third-order valence-electron chi connectivity index (χ3n) is 3.17. The maximum absolute atomic E-state index is 11.2. The van der Waals surface area contributed by atoms with Crippen LogP contribution in [0.1, 0.15) is 25.8 Å². The zero-order valence-electron chi connectivity index (χ0n) is 15.7. The van der Waals surface area contributed by atoms with Gasteiger partial charge in [0.1, 0.15) is 18.5 Å². The standard InChI is InChI=1S/C16H25NO4.C2H2O4/c1-12(2)17-10-14(18)11-21-15-7-5-4-6-13(15)8-9-16(19)20-3;3-1(4)2(5)6/h4-7,12,14,17-18H,8-11H2,1-3H3;(H,3,4)(H,5,6). The van der Waals surface area contributed by atoms with Crippen LogP contribution in [0.2, 0.25) is 0 Å². The second-order valence-electron chi connectivity index (χ2n) is 5.82. The Kier molecular flexibility index (Phi) is 12.2. The summed E-state index contributed by atoms with van der Waals surface area (Å²) >= 11 is 0. The molecule has 1 unspecified atom stereocenters. The van der Waals surface area contributed by atoms with E-state index in [1.807, 2.05) is 38.1 Å². The first-order valence-electron chi connectivity index (χ1n) is 8.32. The lowest BCUT2D eigenvalue weighted by molar-refractivity contribution is -0.159. The summed E-state index contributed by atoms with van der Waals surface area (Å²) in [5.74, 6) is -3.19. The summed E-state index contributed by atoms with van der Waals surface area (Å²) in [6, 6.07) is 7.85. The molecule has 0 aliphatic carbocycles. The molecular weight excluding hydrogens is 358 g/mol. The van der Waals surface area contributed by atoms with Gasteiger partial charge in [-0.25, -0.2) is 9.59 Å². The average Bonchev–Trinajstić information content (AvgIpc) is 2.63. The predicted molar refractivity (Wildman–Crippen MR) is 96.7 cm³/mol. The Balaban J connectivity index is 0.000000972. The average molecular weight is 385 g/mol. The van der Waals surface area contributed by atoms with Gasteiger partial charge >= 0.3 is 17.9 Å². The van der Waals surface area contributed by atoms with Gasteiger partial charge in [0.15, 0.2) is 0 Å². The monoisotopic (exact) mass is 385 g/mol. The van der Waals surface area contributed by atoms with Gasteiger partial charge in [-0.15, -0.1) is 0 Å². The molecule has 0 heterocycles. The Morgan fingerprint density at radius 3 is 2.22 bits per heavy atom. The van der Waals surface area contributed by atoms with Crippen LogP contribution in [0.25, 0.3) is 0 Å². The van der Waals surface area contributed by atoms with Crippen molar-refractivity contribution in [3.63, 3.8) is 0 Å². The Bertz CT molecular complexity index is 591. The van der Waals surface area contributed by atoms with Crippen LogP contribution in [0.3, 0.4) is 0 Å². The molecule has 0 amide bonds. The van der Waals surface area contributed by atoms with Crippen molar-refractivity contribution >= 4 is 17.9 Å². The van der Waals surface area contributed by atoms with Crippen molar-refractivity contribution in [2.24, 2.45) is 0 Å². The van der Waals surface area contributed by atoms with Crippen molar-refractivity contribution in [3.05, 3.63) is 29.8 Å². The van der Waals surface area contributed by atoms with Gasteiger partial charge < -0.3 is 30.1 Å². The minimum atomic E-state index is -1.82. The molecule has 0 aliphatic heterocycles. The van der Waals surface area contributed by atoms with E-state index in [4.69, 9.17) is 24.5 Å². The molecule has 0 fully saturated rings. The second-order valence-corrected chi connectivity index (χ2v) is 5.82. The smallest absolute Gasteiger partial charge is 0.414 e. The summed E-state index contributed by atoms with van der Waals surface area (Å²) in [6.45, 7) is 4.75. The van der Waals surface area contributed by atoms with Crippen molar-refractivity contribution < 1.29 is 39.2 Å². The first-order chi connectivity index (χ1) is 12.7. The number of para-hydroxylation sites is 1. The van der Waals surface area contributed by atoms with Crippen molar-refractivity contribution in [2.45, 2.75) is 38.8 Å². The van der Waals surface area contributed by atoms with Crippen LogP contribution in [0.4, 0.5) is 0 Å². The fourth-order valence-electron chi connectivity index (χ4n) is 1.81. The highest BCUT2D eigenvalue weighted by molar-refractivity contribution is 6.27. The van der Waals surface area contributed by atoms with Crippen molar-refractivity contribution in [3.8, 4) is 5.75 Å². The molecular formula is C18H27NO8. The Hall–Kier alpha value is -2.65. The molecule has 152 valence electrons. The number of esters is 1. The third kappa shape index (κ3) is 12.4. The number of nitrogens with one attached hydrogen (secondary N) is 1. The number of carbonyl (C=O) groups is 3. The molecule has 0 bridgehead atoms. The number of ether oxygens (including phenoxy) is 2. The van der Waals surface area contributed by atoms with Crippen LogP contribution in [0.5, 0.6) is 5.75 Å². The number of aliphatic carboxylic acids is 2. The molecule has 9 nitrogen and oxygen atoms in total. The molecule has 0 saturated carbocycles. The number of aryl methyl sites for hydroxylation is 1. The number of methoxy groups -OCH3 is 1. The van der Waals surface area contributed by atoms with Crippen LogP contribution in [0, 0.1) is 0 Å². The highest BCUT2D eigenvalue weighted by Gasteiger charge is 2.10. The number of hydrogen-bond donors (Lipinski definition) is 4. The molecule has 1 rings (SSSR count). The quantitative estimate of drug-likeness (QED) is 0.356. The summed E-state index contributed by atoms with van der Waals surface area (Å²) in [5.41, 5.74) is 0.937. The van der Waals surface area contributed by atoms with E-state index in [2.05, 4.69) is 10.1 Å². The topological polar surface area (TPSA) is 142 Å². The Morgan fingerprint density at radius 2 is 1.70 bits per heavy atom. The van der Waals surface area contributed by atoms with Gasteiger partial charge in [-0.3, -0.25) is 4.79 Å². The van der Waals surface area contributed by atoms with Crippen LogP contribution < -0.4 is 10.1 Å². The summed E-state index contributed by atoms with van der Waals surface area (Å²) in [4.78, 5) is 29.4. The molecule has 4 N–H and O–H groups in total. The number of rotatable bonds is 9. The summed E-state index contributed by atoms with van der Waals surface area (Å²) < 4.78 is 10.3. The number of hydrogen-bond acceptors (Lipinski definition) is 7. The van der Waals surface area contributed by atoms with Gasteiger partial charge in [0.2, 0.25) is 0 Å². The number of aliphatic hydroxyl groups excluding tert-OH is 1. The number of carboxylic acids is 2. The molecule has 0 spiro atoms. The minimum absolute atomic E-state index is 0.217. The maximum Gasteiger partial charge on any atom is 0.414 e. The van der Waals surface area contributed by atoms with Crippen LogP contribution >= 0.6 is 0 Å². The molecule has 1 aromatic carbocycles. The minimum Gasteiger partial charge on any atom is -0.491 e. The van der Waals surface area contributed by atoms with E-state index in [-0.39, 0.29) is 12.6 Å². The van der Waals surface area contributed by atoms with Crippen molar-refractivity contribution in [1.29, 1.82) is 0 Å². The lowest BCUT2D eigenvalue weighted by Crippen LogP contribution is -2.35. The van der Waals surface area contributed by atoms with E-state index in [0.717, 1.165) is 5.56 Å². The number of benzene rings is 1. The van der Waals surface area contributed by atoms with Gasteiger partial charge in [0.25, 0.3) is 0 Å². The van der Waals surface area contributed by atoms with E-state index in [1.54, 1.807) is 0 Å². The molecule has 1 aromatic rings. The molecule has 9 heteroatoms. The van der Waals surface area contributed by atoms with Gasteiger partial charge in [-0.2, -0.15) is 0 Å². The SMILES string of the molecule is COC(=O)CCc1ccccc1OCC(O)CNC(C)C.O=C(O)C(=O)O. The molecule has 0 aromatic heterocycles. The fraction of sp³-hybridized carbons (Fsp3) is 0.500. The maximum atomic E-state index is 11.2. The predicted octanol–water partition coefficient (Wildman–Crippen LogP) is 0.686. The number of aliphatic hydroxyl groups is 1.